The number of hydrogen-bond donors (Lipinski definition) is 3. The largest absolute Gasteiger partial charge is 0.507 e. The lowest BCUT2D eigenvalue weighted by Crippen LogP contribution is -2.24. The van der Waals surface area contributed by atoms with Crippen molar-refractivity contribution in [3.05, 3.63) is 89.7 Å². The summed E-state index contributed by atoms with van der Waals surface area (Å²) in [7, 11) is 0. The smallest absolute Gasteiger partial charge is 0.335 e. The fraction of sp³-hybridized carbons (Fsp3) is 0.259. The highest BCUT2D eigenvalue weighted by Gasteiger charge is 2.18. The van der Waals surface area contributed by atoms with Gasteiger partial charge in [0.05, 0.1) is 12.7 Å². The SMILES string of the molecule is CCOC(=O)[C@H](O)CC(=C=CC[C@@H](O)c1ccc(O)c2ccccc12)COc1ccccc1. The molecule has 3 rings (SSSR count). The van der Waals surface area contributed by atoms with Gasteiger partial charge in [0.2, 0.25) is 0 Å². The van der Waals surface area contributed by atoms with Crippen LogP contribution in [-0.4, -0.2) is 40.6 Å². The lowest BCUT2D eigenvalue weighted by Gasteiger charge is -2.13. The molecule has 0 unspecified atom stereocenters. The number of aliphatic hydroxyl groups excluding tert-OH is 2. The summed E-state index contributed by atoms with van der Waals surface area (Å²) in [5.74, 6) is 0.107. The van der Waals surface area contributed by atoms with Gasteiger partial charge in [-0.3, -0.25) is 0 Å². The van der Waals surface area contributed by atoms with E-state index in [4.69, 9.17) is 9.47 Å². The van der Waals surface area contributed by atoms with E-state index in [-0.39, 0.29) is 31.8 Å². The Kier molecular flexibility index (Phi) is 8.67. The Hall–Kier alpha value is -3.57. The Morgan fingerprint density at radius 1 is 1.00 bits per heavy atom. The molecule has 172 valence electrons. The van der Waals surface area contributed by atoms with Crippen molar-refractivity contribution in [1.82, 2.24) is 0 Å². The number of carbonyl (C=O) groups is 1. The number of fused-ring (bicyclic) bond motifs is 1. The van der Waals surface area contributed by atoms with Crippen LogP contribution in [-0.2, 0) is 9.53 Å². The first-order chi connectivity index (χ1) is 16.0. The van der Waals surface area contributed by atoms with Gasteiger partial charge < -0.3 is 24.8 Å². The van der Waals surface area contributed by atoms with Gasteiger partial charge in [0.15, 0.2) is 6.10 Å². The number of hydrogen-bond acceptors (Lipinski definition) is 6. The molecular formula is C27H28O6. The topological polar surface area (TPSA) is 96.2 Å². The molecule has 0 aliphatic rings. The van der Waals surface area contributed by atoms with Gasteiger partial charge >= 0.3 is 5.97 Å². The Bertz CT molecular complexity index is 1130. The van der Waals surface area contributed by atoms with Crippen LogP contribution < -0.4 is 4.74 Å². The molecule has 0 heterocycles. The molecule has 6 heteroatoms. The van der Waals surface area contributed by atoms with Crippen molar-refractivity contribution >= 4 is 16.7 Å². The van der Waals surface area contributed by atoms with Crippen LogP contribution in [0.25, 0.3) is 10.8 Å². The van der Waals surface area contributed by atoms with Gasteiger partial charge in [-0.15, -0.1) is 5.73 Å². The van der Waals surface area contributed by atoms with Gasteiger partial charge in [0.25, 0.3) is 0 Å². The highest BCUT2D eigenvalue weighted by Crippen LogP contribution is 2.32. The van der Waals surface area contributed by atoms with Crippen LogP contribution in [0.2, 0.25) is 0 Å². The summed E-state index contributed by atoms with van der Waals surface area (Å²) in [5.41, 5.74) is 4.31. The number of aromatic hydroxyl groups is 1. The maximum atomic E-state index is 11.8. The van der Waals surface area contributed by atoms with Crippen molar-refractivity contribution < 1.29 is 29.6 Å². The molecule has 2 atom stereocenters. The molecule has 0 fully saturated rings. The summed E-state index contributed by atoms with van der Waals surface area (Å²) >= 11 is 0. The average Bonchev–Trinajstić information content (AvgIpc) is 2.83. The Balaban J connectivity index is 1.78. The number of ether oxygens (including phenoxy) is 2. The third kappa shape index (κ3) is 6.70. The van der Waals surface area contributed by atoms with E-state index in [9.17, 15) is 20.1 Å². The van der Waals surface area contributed by atoms with Crippen molar-refractivity contribution in [2.45, 2.75) is 32.0 Å². The van der Waals surface area contributed by atoms with Gasteiger partial charge in [-0.2, -0.15) is 0 Å². The van der Waals surface area contributed by atoms with Crippen molar-refractivity contribution in [2.24, 2.45) is 0 Å². The van der Waals surface area contributed by atoms with Gasteiger partial charge in [0, 0.05) is 23.8 Å². The molecule has 6 nitrogen and oxygen atoms in total. The first-order valence-electron chi connectivity index (χ1n) is 10.8. The Morgan fingerprint density at radius 3 is 2.42 bits per heavy atom. The van der Waals surface area contributed by atoms with Crippen LogP contribution in [0.4, 0.5) is 0 Å². The molecule has 0 amide bonds. The minimum atomic E-state index is -1.33. The molecule has 33 heavy (non-hydrogen) atoms. The monoisotopic (exact) mass is 448 g/mol. The summed E-state index contributed by atoms with van der Waals surface area (Å²) in [4.78, 5) is 11.8. The quantitative estimate of drug-likeness (QED) is 0.313. The van der Waals surface area contributed by atoms with E-state index in [1.807, 2.05) is 48.5 Å². The number of esters is 1. The number of rotatable bonds is 10. The Morgan fingerprint density at radius 2 is 1.70 bits per heavy atom. The molecule has 0 saturated heterocycles. The number of aliphatic hydroxyl groups is 2. The second kappa shape index (κ2) is 11.9. The zero-order chi connectivity index (χ0) is 23.6. The fourth-order valence-electron chi connectivity index (χ4n) is 3.44. The first kappa shape index (κ1) is 24.1. The van der Waals surface area contributed by atoms with Crippen LogP contribution >= 0.6 is 0 Å². The van der Waals surface area contributed by atoms with E-state index < -0.39 is 18.2 Å². The van der Waals surface area contributed by atoms with E-state index in [2.05, 4.69) is 5.73 Å². The summed E-state index contributed by atoms with van der Waals surface area (Å²) in [6, 6.07) is 19.8. The Labute approximate surface area is 193 Å². The molecule has 0 bridgehead atoms. The average molecular weight is 449 g/mol. The van der Waals surface area contributed by atoms with Crippen molar-refractivity contribution in [2.75, 3.05) is 13.2 Å². The molecule has 3 aromatic carbocycles. The lowest BCUT2D eigenvalue weighted by atomic mass is 9.98. The maximum absolute atomic E-state index is 11.8. The molecule has 0 spiro atoms. The van der Waals surface area contributed by atoms with E-state index >= 15 is 0 Å². The van der Waals surface area contributed by atoms with Crippen LogP contribution in [0.1, 0.15) is 31.4 Å². The van der Waals surface area contributed by atoms with Gasteiger partial charge in [0.1, 0.15) is 18.1 Å². The van der Waals surface area contributed by atoms with Crippen molar-refractivity contribution in [3.63, 3.8) is 0 Å². The second-order valence-corrected chi connectivity index (χ2v) is 7.50. The second-order valence-electron chi connectivity index (χ2n) is 7.50. The van der Waals surface area contributed by atoms with E-state index in [1.165, 1.54) is 0 Å². The molecule has 3 N–H and O–H groups in total. The van der Waals surface area contributed by atoms with Crippen molar-refractivity contribution in [3.8, 4) is 11.5 Å². The molecule has 0 aromatic heterocycles. The van der Waals surface area contributed by atoms with Crippen LogP contribution in [0.3, 0.4) is 0 Å². The van der Waals surface area contributed by atoms with E-state index in [1.54, 1.807) is 31.2 Å². The van der Waals surface area contributed by atoms with Gasteiger partial charge in [-0.1, -0.05) is 48.5 Å². The predicted molar refractivity (Wildman–Crippen MR) is 126 cm³/mol. The summed E-state index contributed by atoms with van der Waals surface area (Å²) in [6.45, 7) is 1.97. The zero-order valence-corrected chi connectivity index (χ0v) is 18.5. The van der Waals surface area contributed by atoms with Crippen molar-refractivity contribution in [1.29, 1.82) is 0 Å². The molecule has 0 radical (unpaired) electrons. The third-order valence-electron chi connectivity index (χ3n) is 5.10. The lowest BCUT2D eigenvalue weighted by molar-refractivity contribution is -0.152. The predicted octanol–water partition coefficient (Wildman–Crippen LogP) is 4.44. The number of phenolic OH excluding ortho intramolecular Hbond substituents is 1. The molecule has 0 aliphatic carbocycles. The molecule has 0 aliphatic heterocycles. The highest BCUT2D eigenvalue weighted by molar-refractivity contribution is 5.91. The van der Waals surface area contributed by atoms with Gasteiger partial charge in [-0.05, 0) is 42.1 Å². The summed E-state index contributed by atoms with van der Waals surface area (Å²) in [5, 5.41) is 32.4. The standard InChI is InChI=1S/C27H28O6/c1-2-32-27(31)26(30)17-19(18-33-20-10-4-3-5-11-20)9-8-14-24(28)23-15-16-25(29)22-13-7-6-12-21(22)23/h3-8,10-13,15-16,24,26,28-30H,2,14,17-18H2,1H3/t9?,24-,26-/m1/s1. The number of benzene rings is 3. The molecule has 0 saturated carbocycles. The third-order valence-corrected chi connectivity index (χ3v) is 5.10. The number of para-hydroxylation sites is 1. The summed E-state index contributed by atoms with van der Waals surface area (Å²) in [6.07, 6.45) is -0.242. The normalized spacial score (nSPS) is 12.5. The van der Waals surface area contributed by atoms with Crippen LogP contribution in [0.5, 0.6) is 11.5 Å². The van der Waals surface area contributed by atoms with E-state index in [0.717, 1.165) is 5.39 Å². The first-order valence-corrected chi connectivity index (χ1v) is 10.8. The number of phenols is 1. The van der Waals surface area contributed by atoms with Crippen LogP contribution in [0, 0.1) is 0 Å². The van der Waals surface area contributed by atoms with Gasteiger partial charge in [-0.25, -0.2) is 4.79 Å². The molecular weight excluding hydrogens is 420 g/mol. The minimum Gasteiger partial charge on any atom is -0.507 e. The summed E-state index contributed by atoms with van der Waals surface area (Å²) < 4.78 is 10.6. The minimum absolute atomic E-state index is 0.000399. The zero-order valence-electron chi connectivity index (χ0n) is 18.5. The number of carbonyl (C=O) groups excluding carboxylic acids is 1. The maximum Gasteiger partial charge on any atom is 0.335 e. The molecule has 3 aromatic rings. The van der Waals surface area contributed by atoms with E-state index in [0.29, 0.717) is 22.3 Å². The fourth-order valence-corrected chi connectivity index (χ4v) is 3.44. The van der Waals surface area contributed by atoms with Crippen LogP contribution in [0.15, 0.2) is 84.1 Å². The highest BCUT2D eigenvalue weighted by atomic mass is 16.5.